The van der Waals surface area contributed by atoms with E-state index in [1.165, 1.54) is 33.4 Å². The maximum atomic E-state index is 2.31. The molecule has 5 rings (SSSR count). The lowest BCUT2D eigenvalue weighted by Crippen LogP contribution is -2.09. The fraction of sp³-hybridized carbons (Fsp3) is 0.0625. The van der Waals surface area contributed by atoms with Gasteiger partial charge < -0.3 is 4.90 Å². The van der Waals surface area contributed by atoms with E-state index in [0.717, 1.165) is 17.1 Å². The molecule has 0 spiro atoms. The van der Waals surface area contributed by atoms with Crippen molar-refractivity contribution < 1.29 is 0 Å². The Hall–Kier alpha value is -4.10. The Bertz CT molecular complexity index is 1330. The topological polar surface area (TPSA) is 3.24 Å². The molecule has 0 fully saturated rings. The smallest absolute Gasteiger partial charge is 0.0467 e. The summed E-state index contributed by atoms with van der Waals surface area (Å²) in [5.41, 5.74) is 10.9. The van der Waals surface area contributed by atoms with Crippen molar-refractivity contribution in [1.29, 1.82) is 0 Å². The van der Waals surface area contributed by atoms with Gasteiger partial charge in [0.15, 0.2) is 0 Å². The van der Waals surface area contributed by atoms with E-state index in [0.29, 0.717) is 0 Å². The molecule has 33 heavy (non-hydrogen) atoms. The minimum absolute atomic E-state index is 1.14. The summed E-state index contributed by atoms with van der Waals surface area (Å²) in [6, 6.07) is 45.6. The molecule has 0 N–H and O–H groups in total. The third-order valence-electron chi connectivity index (χ3n) is 6.01. The van der Waals surface area contributed by atoms with Crippen LogP contribution in [0.2, 0.25) is 0 Å². The van der Waals surface area contributed by atoms with Crippen molar-refractivity contribution in [2.45, 2.75) is 13.8 Å². The zero-order chi connectivity index (χ0) is 22.6. The van der Waals surface area contributed by atoms with Crippen LogP contribution >= 0.6 is 0 Å². The average Bonchev–Trinajstić information content (AvgIpc) is 2.87. The van der Waals surface area contributed by atoms with Gasteiger partial charge in [0, 0.05) is 17.1 Å². The first kappa shape index (κ1) is 20.8. The van der Waals surface area contributed by atoms with Gasteiger partial charge in [0.25, 0.3) is 0 Å². The molecule has 0 saturated heterocycles. The Balaban J connectivity index is 1.51. The molecule has 5 aromatic carbocycles. The van der Waals surface area contributed by atoms with Crippen LogP contribution in [0.1, 0.15) is 11.1 Å². The molecule has 0 heterocycles. The molecule has 0 aromatic heterocycles. The highest BCUT2D eigenvalue weighted by molar-refractivity contribution is 5.80. The van der Waals surface area contributed by atoms with Crippen molar-refractivity contribution in [1.82, 2.24) is 0 Å². The van der Waals surface area contributed by atoms with Gasteiger partial charge in [-0.05, 0) is 72.5 Å². The molecule has 0 unspecified atom stereocenters. The maximum absolute atomic E-state index is 2.31. The third kappa shape index (κ3) is 4.58. The van der Waals surface area contributed by atoms with E-state index in [-0.39, 0.29) is 0 Å². The molecule has 5 aromatic rings. The van der Waals surface area contributed by atoms with E-state index in [1.807, 2.05) is 0 Å². The van der Waals surface area contributed by atoms with Gasteiger partial charge in [-0.1, -0.05) is 102 Å². The van der Waals surface area contributed by atoms with Gasteiger partial charge in [-0.15, -0.1) is 0 Å². The minimum atomic E-state index is 1.14. The average molecular weight is 426 g/mol. The summed E-state index contributed by atoms with van der Waals surface area (Å²) >= 11 is 0. The van der Waals surface area contributed by atoms with Crippen LogP contribution in [-0.2, 0) is 0 Å². The molecule has 0 bridgehead atoms. The molecule has 0 amide bonds. The zero-order valence-electron chi connectivity index (χ0n) is 19.1. The highest BCUT2D eigenvalue weighted by Gasteiger charge is 2.13. The summed E-state index contributed by atoms with van der Waals surface area (Å²) in [6.07, 6.45) is 0. The molecule has 0 aliphatic rings. The van der Waals surface area contributed by atoms with Gasteiger partial charge in [0.05, 0.1) is 0 Å². The molecule has 0 atom stereocenters. The van der Waals surface area contributed by atoms with Crippen LogP contribution in [0, 0.1) is 13.8 Å². The number of rotatable bonds is 5. The van der Waals surface area contributed by atoms with Crippen LogP contribution in [0.4, 0.5) is 17.1 Å². The van der Waals surface area contributed by atoms with Crippen molar-refractivity contribution in [3.8, 4) is 22.3 Å². The first-order chi connectivity index (χ1) is 16.2. The van der Waals surface area contributed by atoms with Gasteiger partial charge in [-0.2, -0.15) is 0 Å². The highest BCUT2D eigenvalue weighted by Crippen LogP contribution is 2.36. The molecule has 0 radical (unpaired) electrons. The van der Waals surface area contributed by atoms with Crippen LogP contribution in [0.3, 0.4) is 0 Å². The lowest BCUT2D eigenvalue weighted by Gasteiger charge is -2.26. The van der Waals surface area contributed by atoms with Crippen LogP contribution in [0.15, 0.2) is 127 Å². The molecule has 0 saturated carbocycles. The Morgan fingerprint density at radius 1 is 0.364 bits per heavy atom. The molecule has 160 valence electrons. The second-order valence-corrected chi connectivity index (χ2v) is 8.50. The van der Waals surface area contributed by atoms with E-state index in [1.54, 1.807) is 0 Å². The van der Waals surface area contributed by atoms with E-state index in [2.05, 4.69) is 146 Å². The van der Waals surface area contributed by atoms with Crippen LogP contribution in [0.25, 0.3) is 22.3 Å². The second kappa shape index (κ2) is 9.18. The number of anilines is 3. The standard InChI is InChI=1S/C32H27N/c1-24-11-15-26(16-12-24)27-17-19-28(20-18-27)29-7-6-10-32(23-29)33(30-8-4-3-5-9-30)31-21-13-25(2)14-22-31/h3-23H,1-2H3. The highest BCUT2D eigenvalue weighted by atomic mass is 15.1. The lowest BCUT2D eigenvalue weighted by atomic mass is 9.99. The molecule has 1 nitrogen and oxygen atoms in total. The summed E-state index contributed by atoms with van der Waals surface area (Å²) < 4.78 is 0. The maximum Gasteiger partial charge on any atom is 0.0467 e. The summed E-state index contributed by atoms with van der Waals surface area (Å²) in [7, 11) is 0. The number of hydrogen-bond donors (Lipinski definition) is 0. The molecule has 0 aliphatic heterocycles. The van der Waals surface area contributed by atoms with Gasteiger partial charge >= 0.3 is 0 Å². The van der Waals surface area contributed by atoms with Crippen LogP contribution < -0.4 is 4.90 Å². The fourth-order valence-electron chi connectivity index (χ4n) is 4.14. The SMILES string of the molecule is Cc1ccc(-c2ccc(-c3cccc(N(c4ccccc4)c4ccc(C)cc4)c3)cc2)cc1. The Morgan fingerprint density at radius 2 is 0.818 bits per heavy atom. The molecular formula is C32H27N. The van der Waals surface area contributed by atoms with Crippen LogP contribution in [0.5, 0.6) is 0 Å². The monoisotopic (exact) mass is 425 g/mol. The van der Waals surface area contributed by atoms with E-state index < -0.39 is 0 Å². The first-order valence-corrected chi connectivity index (χ1v) is 11.4. The summed E-state index contributed by atoms with van der Waals surface area (Å²) in [5, 5.41) is 0. The Morgan fingerprint density at radius 3 is 1.42 bits per heavy atom. The number of hydrogen-bond acceptors (Lipinski definition) is 1. The van der Waals surface area contributed by atoms with Gasteiger partial charge in [0.1, 0.15) is 0 Å². The van der Waals surface area contributed by atoms with Gasteiger partial charge in [0.2, 0.25) is 0 Å². The van der Waals surface area contributed by atoms with Gasteiger partial charge in [-0.25, -0.2) is 0 Å². The summed E-state index contributed by atoms with van der Waals surface area (Å²) in [6.45, 7) is 4.24. The van der Waals surface area contributed by atoms with Crippen molar-refractivity contribution in [3.63, 3.8) is 0 Å². The first-order valence-electron chi connectivity index (χ1n) is 11.4. The third-order valence-corrected chi connectivity index (χ3v) is 6.01. The van der Waals surface area contributed by atoms with Gasteiger partial charge in [-0.3, -0.25) is 0 Å². The van der Waals surface area contributed by atoms with Crippen molar-refractivity contribution in [2.24, 2.45) is 0 Å². The van der Waals surface area contributed by atoms with E-state index in [9.17, 15) is 0 Å². The van der Waals surface area contributed by atoms with Crippen LogP contribution in [-0.4, -0.2) is 0 Å². The Labute approximate surface area is 196 Å². The lowest BCUT2D eigenvalue weighted by molar-refractivity contribution is 1.27. The predicted octanol–water partition coefficient (Wildman–Crippen LogP) is 9.11. The normalized spacial score (nSPS) is 10.7. The van der Waals surface area contributed by atoms with E-state index >= 15 is 0 Å². The predicted molar refractivity (Wildman–Crippen MR) is 141 cm³/mol. The number of nitrogens with zero attached hydrogens (tertiary/aromatic N) is 1. The molecule has 0 aliphatic carbocycles. The molecule has 1 heteroatoms. The fourth-order valence-corrected chi connectivity index (χ4v) is 4.14. The number of aryl methyl sites for hydroxylation is 2. The number of para-hydroxylation sites is 1. The zero-order valence-corrected chi connectivity index (χ0v) is 19.1. The quantitative estimate of drug-likeness (QED) is 0.271. The van der Waals surface area contributed by atoms with Crippen molar-refractivity contribution in [3.05, 3.63) is 139 Å². The second-order valence-electron chi connectivity index (χ2n) is 8.50. The minimum Gasteiger partial charge on any atom is -0.310 e. The summed E-state index contributed by atoms with van der Waals surface area (Å²) in [4.78, 5) is 2.31. The van der Waals surface area contributed by atoms with Crippen molar-refractivity contribution in [2.75, 3.05) is 4.90 Å². The van der Waals surface area contributed by atoms with Crippen molar-refractivity contribution >= 4 is 17.1 Å². The van der Waals surface area contributed by atoms with E-state index in [4.69, 9.17) is 0 Å². The number of benzene rings is 5. The summed E-state index contributed by atoms with van der Waals surface area (Å²) in [5.74, 6) is 0. The molecular weight excluding hydrogens is 398 g/mol. The largest absolute Gasteiger partial charge is 0.310 e. The Kier molecular flexibility index (Phi) is 5.78.